The third-order valence-electron chi connectivity index (χ3n) is 15.1. The van der Waals surface area contributed by atoms with Gasteiger partial charge >= 0.3 is 0 Å². The Kier molecular flexibility index (Phi) is 48.8. The maximum absolute atomic E-state index is 13.3. The summed E-state index contributed by atoms with van der Waals surface area (Å²) in [6.07, 6.45) is 60.9. The van der Waals surface area contributed by atoms with Gasteiger partial charge in [-0.25, -0.2) is 0 Å². The molecule has 12 atom stereocenters. The molecule has 2 fully saturated rings. The summed E-state index contributed by atoms with van der Waals surface area (Å²) in [6, 6.07) is -0.945. The molecular weight excluding hydrogens is 1060 g/mol. The molecule has 2 rings (SSSR count). The molecule has 480 valence electrons. The van der Waals surface area contributed by atoms with Crippen LogP contribution in [-0.2, 0) is 23.7 Å². The van der Waals surface area contributed by atoms with Crippen LogP contribution in [0.3, 0.4) is 0 Å². The standard InChI is InChI=1S/C70H117NO13/c1-3-5-7-9-11-13-15-17-19-21-22-23-24-25-26-27-28-29-30-31-32-33-34-35-36-38-40-42-44-46-48-50-52-54-62(75)71-58(59(74)53-51-49-47-45-43-41-39-37-20-18-16-14-12-10-8-6-4-2)57-81-69-67(80)65(78)68(61(56-73)83-69)84-70-66(79)64(77)63(76)60(55-72)82-70/h5,7,11,13,17,19,22-23,25-26,28-29,31-32,34-35,43,45,51,53,58-61,63-70,72-74,76-80H,3-4,6,8-10,12,14-16,18,20-21,24,27,30,33,36-42,44,46-50,52,54-57H2,1-2H3,(H,71,75)/b7-5-,13-11-,19-17-,23-22-,26-25-,29-28-,32-31-,35-34-,45-43+,53-51+. The predicted molar refractivity (Wildman–Crippen MR) is 341 cm³/mol. The average molecular weight is 1180 g/mol. The molecule has 2 aliphatic heterocycles. The molecule has 1 amide bonds. The van der Waals surface area contributed by atoms with Crippen molar-refractivity contribution in [3.8, 4) is 0 Å². The summed E-state index contributed by atoms with van der Waals surface area (Å²) in [5, 5.41) is 87.2. The maximum Gasteiger partial charge on any atom is 0.220 e. The highest BCUT2D eigenvalue weighted by Gasteiger charge is 2.51. The SMILES string of the molecule is CC/C=C\C/C=C\C/C=C\C/C=C\C/C=C\C/C=C\C/C=C\C/C=C\CCCCCCCCCCC(=O)NC(COC1OC(CO)C(OC2OC(CO)C(O)C(O)C2O)C(O)C1O)C(O)/C=C/CC/C=C/CCCCCCCCCCCCC. The van der Waals surface area contributed by atoms with Crippen molar-refractivity contribution in [3.63, 3.8) is 0 Å². The Morgan fingerprint density at radius 3 is 1.31 bits per heavy atom. The highest BCUT2D eigenvalue weighted by Crippen LogP contribution is 2.30. The summed E-state index contributed by atoms with van der Waals surface area (Å²) in [5.41, 5.74) is 0. The number of carbonyl (C=O) groups is 1. The van der Waals surface area contributed by atoms with Crippen molar-refractivity contribution in [3.05, 3.63) is 122 Å². The van der Waals surface area contributed by atoms with E-state index in [1.54, 1.807) is 6.08 Å². The molecule has 0 aromatic heterocycles. The van der Waals surface area contributed by atoms with Gasteiger partial charge in [0, 0.05) is 6.42 Å². The van der Waals surface area contributed by atoms with Gasteiger partial charge in [0.2, 0.25) is 5.91 Å². The van der Waals surface area contributed by atoms with E-state index in [0.29, 0.717) is 12.8 Å². The molecule has 2 saturated heterocycles. The number of nitrogens with one attached hydrogen (secondary N) is 1. The van der Waals surface area contributed by atoms with Crippen LogP contribution in [0.4, 0.5) is 0 Å². The molecule has 0 saturated carbocycles. The van der Waals surface area contributed by atoms with E-state index < -0.39 is 86.8 Å². The van der Waals surface area contributed by atoms with Gasteiger partial charge in [-0.15, -0.1) is 0 Å². The first kappa shape index (κ1) is 76.5. The first-order valence-corrected chi connectivity index (χ1v) is 32.8. The molecule has 0 aliphatic carbocycles. The Labute approximate surface area is 508 Å². The molecule has 0 bridgehead atoms. The lowest BCUT2D eigenvalue weighted by molar-refractivity contribution is -0.359. The second-order valence-corrected chi connectivity index (χ2v) is 22.5. The summed E-state index contributed by atoms with van der Waals surface area (Å²) in [4.78, 5) is 13.3. The Morgan fingerprint density at radius 1 is 0.440 bits per heavy atom. The minimum Gasteiger partial charge on any atom is -0.394 e. The summed E-state index contributed by atoms with van der Waals surface area (Å²) in [6.45, 7) is 2.65. The number of amides is 1. The maximum atomic E-state index is 13.3. The van der Waals surface area contributed by atoms with Crippen molar-refractivity contribution >= 4 is 5.91 Å². The smallest absolute Gasteiger partial charge is 0.220 e. The van der Waals surface area contributed by atoms with E-state index in [9.17, 15) is 45.6 Å². The van der Waals surface area contributed by atoms with Crippen LogP contribution in [0.25, 0.3) is 0 Å². The normalized spacial score (nSPS) is 24.5. The quantitative estimate of drug-likeness (QED) is 0.0204. The second kappa shape index (κ2) is 53.6. The van der Waals surface area contributed by atoms with E-state index in [1.807, 2.05) is 6.08 Å². The fraction of sp³-hybridized carbons (Fsp3) is 0.700. The Bertz CT molecular complexity index is 1870. The number of aliphatic hydroxyl groups is 8. The van der Waals surface area contributed by atoms with Crippen molar-refractivity contribution in [2.75, 3.05) is 19.8 Å². The average Bonchev–Trinajstić information content (AvgIpc) is 3.17. The van der Waals surface area contributed by atoms with E-state index in [1.165, 1.54) is 89.9 Å². The van der Waals surface area contributed by atoms with Gasteiger partial charge in [0.1, 0.15) is 48.8 Å². The van der Waals surface area contributed by atoms with Crippen molar-refractivity contribution in [2.45, 2.75) is 293 Å². The van der Waals surface area contributed by atoms with E-state index in [4.69, 9.17) is 18.9 Å². The molecule has 2 aliphatic rings. The number of aliphatic hydroxyl groups excluding tert-OH is 8. The Balaban J connectivity index is 1.71. The van der Waals surface area contributed by atoms with Gasteiger partial charge in [0.05, 0.1) is 32.0 Å². The minimum atomic E-state index is -1.80. The third-order valence-corrected chi connectivity index (χ3v) is 15.1. The summed E-state index contributed by atoms with van der Waals surface area (Å²) in [7, 11) is 0. The molecular formula is C70H117NO13. The molecule has 0 spiro atoms. The highest BCUT2D eigenvalue weighted by atomic mass is 16.7. The number of rotatable bonds is 51. The lowest BCUT2D eigenvalue weighted by Crippen LogP contribution is -2.65. The third kappa shape index (κ3) is 37.8. The van der Waals surface area contributed by atoms with Gasteiger partial charge in [-0.2, -0.15) is 0 Å². The van der Waals surface area contributed by atoms with Gasteiger partial charge in [-0.3, -0.25) is 4.79 Å². The van der Waals surface area contributed by atoms with Gasteiger partial charge in [-0.05, 0) is 96.3 Å². The molecule has 84 heavy (non-hydrogen) atoms. The lowest BCUT2D eigenvalue weighted by atomic mass is 9.97. The number of allylic oxidation sites excluding steroid dienone is 19. The highest BCUT2D eigenvalue weighted by molar-refractivity contribution is 5.76. The monoisotopic (exact) mass is 1180 g/mol. The predicted octanol–water partition coefficient (Wildman–Crippen LogP) is 12.6. The first-order valence-electron chi connectivity index (χ1n) is 32.8. The second-order valence-electron chi connectivity index (χ2n) is 22.5. The summed E-state index contributed by atoms with van der Waals surface area (Å²) < 4.78 is 22.8. The number of hydrogen-bond donors (Lipinski definition) is 9. The van der Waals surface area contributed by atoms with Crippen molar-refractivity contribution in [2.24, 2.45) is 0 Å². The number of ether oxygens (including phenoxy) is 4. The van der Waals surface area contributed by atoms with E-state index in [-0.39, 0.29) is 18.9 Å². The molecule has 9 N–H and O–H groups in total. The van der Waals surface area contributed by atoms with E-state index in [0.717, 1.165) is 96.3 Å². The molecule has 14 nitrogen and oxygen atoms in total. The van der Waals surface area contributed by atoms with Gasteiger partial charge in [0.25, 0.3) is 0 Å². The molecule has 2 heterocycles. The fourth-order valence-corrected chi connectivity index (χ4v) is 9.91. The fourth-order valence-electron chi connectivity index (χ4n) is 9.91. The van der Waals surface area contributed by atoms with Crippen molar-refractivity contribution in [1.29, 1.82) is 0 Å². The first-order chi connectivity index (χ1) is 41.1. The van der Waals surface area contributed by atoms with E-state index in [2.05, 4.69) is 129 Å². The molecule has 0 aromatic rings. The minimum absolute atomic E-state index is 0.256. The van der Waals surface area contributed by atoms with Crippen LogP contribution in [0.15, 0.2) is 122 Å². The zero-order valence-corrected chi connectivity index (χ0v) is 51.8. The largest absolute Gasteiger partial charge is 0.394 e. The van der Waals surface area contributed by atoms with Crippen molar-refractivity contribution < 1.29 is 64.6 Å². The van der Waals surface area contributed by atoms with Crippen LogP contribution in [0.5, 0.6) is 0 Å². The van der Waals surface area contributed by atoms with Crippen LogP contribution < -0.4 is 5.32 Å². The zero-order chi connectivity index (χ0) is 60.9. The Morgan fingerprint density at radius 2 is 0.833 bits per heavy atom. The molecule has 0 radical (unpaired) electrons. The van der Waals surface area contributed by atoms with Crippen LogP contribution >= 0.6 is 0 Å². The number of carbonyl (C=O) groups excluding carboxylic acids is 1. The summed E-state index contributed by atoms with van der Waals surface area (Å²) >= 11 is 0. The molecule has 12 unspecified atom stereocenters. The Hall–Kier alpha value is -3.61. The molecule has 14 heteroatoms. The number of hydrogen-bond acceptors (Lipinski definition) is 13. The molecule has 0 aromatic carbocycles. The summed E-state index contributed by atoms with van der Waals surface area (Å²) in [5.74, 6) is -0.263. The van der Waals surface area contributed by atoms with Gasteiger partial charge in [0.15, 0.2) is 12.6 Å². The number of unbranched alkanes of at least 4 members (excludes halogenated alkanes) is 20. The van der Waals surface area contributed by atoms with Crippen LogP contribution in [0.1, 0.15) is 219 Å². The van der Waals surface area contributed by atoms with Crippen LogP contribution in [0, 0.1) is 0 Å². The van der Waals surface area contributed by atoms with Crippen LogP contribution in [0.2, 0.25) is 0 Å². The zero-order valence-electron chi connectivity index (χ0n) is 51.8. The van der Waals surface area contributed by atoms with Gasteiger partial charge in [-0.1, -0.05) is 238 Å². The van der Waals surface area contributed by atoms with Crippen LogP contribution in [-0.4, -0.2) is 140 Å². The van der Waals surface area contributed by atoms with E-state index >= 15 is 0 Å². The lowest BCUT2D eigenvalue weighted by Gasteiger charge is -2.46. The van der Waals surface area contributed by atoms with Crippen molar-refractivity contribution in [1.82, 2.24) is 5.32 Å². The topological polar surface area (TPSA) is 228 Å². The van der Waals surface area contributed by atoms with Gasteiger partial charge < -0.3 is 65.1 Å².